The SMILES string of the molecule is CCN(CC)S(=O)(=O)c1ccc(CNC(=O)[C@H](C)n2cnc3ccccc32)cc1. The van der Waals surface area contributed by atoms with Gasteiger partial charge in [0.25, 0.3) is 0 Å². The first-order valence-electron chi connectivity index (χ1n) is 9.66. The van der Waals surface area contributed by atoms with Crippen molar-refractivity contribution in [3.05, 3.63) is 60.4 Å². The van der Waals surface area contributed by atoms with Gasteiger partial charge in [-0.1, -0.05) is 38.1 Å². The third kappa shape index (κ3) is 4.33. The van der Waals surface area contributed by atoms with Crippen LogP contribution < -0.4 is 5.32 Å². The van der Waals surface area contributed by atoms with Gasteiger partial charge in [0.15, 0.2) is 0 Å². The standard InChI is InChI=1S/C21H26N4O3S/c1-4-24(5-2)29(27,28)18-12-10-17(11-13-18)14-22-21(26)16(3)25-15-23-19-8-6-7-9-20(19)25/h6-13,15-16H,4-5,14H2,1-3H3,(H,22,26)/t16-/m0/s1. The zero-order chi connectivity index (χ0) is 21.0. The van der Waals surface area contributed by atoms with Gasteiger partial charge in [-0.15, -0.1) is 0 Å². The van der Waals surface area contributed by atoms with Crippen molar-refractivity contribution < 1.29 is 13.2 Å². The Bertz CT molecular complexity index is 1090. The first-order chi connectivity index (χ1) is 13.9. The molecule has 3 aromatic rings. The minimum atomic E-state index is -3.48. The van der Waals surface area contributed by atoms with Gasteiger partial charge < -0.3 is 9.88 Å². The Morgan fingerprint density at radius 3 is 2.41 bits per heavy atom. The van der Waals surface area contributed by atoms with Crippen LogP contribution in [0.4, 0.5) is 0 Å². The summed E-state index contributed by atoms with van der Waals surface area (Å²) in [5, 5.41) is 2.91. The number of carbonyl (C=O) groups is 1. The van der Waals surface area contributed by atoms with Crippen molar-refractivity contribution in [2.75, 3.05) is 13.1 Å². The van der Waals surface area contributed by atoms with Gasteiger partial charge in [-0.25, -0.2) is 13.4 Å². The molecular formula is C21H26N4O3S. The van der Waals surface area contributed by atoms with Crippen LogP contribution in [0.15, 0.2) is 59.8 Å². The van der Waals surface area contributed by atoms with E-state index in [0.29, 0.717) is 19.6 Å². The number of amides is 1. The van der Waals surface area contributed by atoms with Crippen LogP contribution in [0.1, 0.15) is 32.4 Å². The summed E-state index contributed by atoms with van der Waals surface area (Å²) in [5.41, 5.74) is 2.58. The van der Waals surface area contributed by atoms with Crippen LogP contribution >= 0.6 is 0 Å². The Kier molecular flexibility index (Phi) is 6.34. The fourth-order valence-electron chi connectivity index (χ4n) is 3.24. The fourth-order valence-corrected chi connectivity index (χ4v) is 4.70. The molecule has 1 N–H and O–H groups in total. The summed E-state index contributed by atoms with van der Waals surface area (Å²) in [7, 11) is -3.48. The molecule has 0 spiro atoms. The van der Waals surface area contributed by atoms with E-state index in [1.54, 1.807) is 30.6 Å². The molecule has 1 atom stereocenters. The third-order valence-corrected chi connectivity index (χ3v) is 7.08. The molecule has 8 heteroatoms. The molecule has 0 unspecified atom stereocenters. The van der Waals surface area contributed by atoms with Crippen molar-refractivity contribution >= 4 is 27.0 Å². The summed E-state index contributed by atoms with van der Waals surface area (Å²) in [6.45, 7) is 6.63. The van der Waals surface area contributed by atoms with Crippen molar-refractivity contribution in [2.24, 2.45) is 0 Å². The maximum absolute atomic E-state index is 12.6. The van der Waals surface area contributed by atoms with Crippen LogP contribution in [-0.4, -0.2) is 41.3 Å². The monoisotopic (exact) mass is 414 g/mol. The number of nitrogens with zero attached hydrogens (tertiary/aromatic N) is 3. The van der Waals surface area contributed by atoms with E-state index < -0.39 is 16.1 Å². The van der Waals surface area contributed by atoms with Crippen molar-refractivity contribution in [2.45, 2.75) is 38.3 Å². The number of para-hydroxylation sites is 2. The highest BCUT2D eigenvalue weighted by molar-refractivity contribution is 7.89. The predicted octanol–water partition coefficient (Wildman–Crippen LogP) is 2.94. The molecule has 0 aliphatic heterocycles. The lowest BCUT2D eigenvalue weighted by Gasteiger charge is -2.18. The highest BCUT2D eigenvalue weighted by Gasteiger charge is 2.21. The Morgan fingerprint density at radius 1 is 1.10 bits per heavy atom. The number of nitrogens with one attached hydrogen (secondary N) is 1. The van der Waals surface area contributed by atoms with Crippen LogP contribution in [0.5, 0.6) is 0 Å². The molecule has 0 aliphatic carbocycles. The second-order valence-electron chi connectivity index (χ2n) is 6.77. The molecule has 29 heavy (non-hydrogen) atoms. The summed E-state index contributed by atoms with van der Waals surface area (Å²) in [6.07, 6.45) is 1.67. The predicted molar refractivity (Wildman–Crippen MR) is 113 cm³/mol. The van der Waals surface area contributed by atoms with E-state index in [1.165, 1.54) is 4.31 Å². The third-order valence-electron chi connectivity index (χ3n) is 5.01. The van der Waals surface area contributed by atoms with E-state index in [-0.39, 0.29) is 10.8 Å². The highest BCUT2D eigenvalue weighted by Crippen LogP contribution is 2.18. The Balaban J connectivity index is 1.66. The molecule has 0 bridgehead atoms. The summed E-state index contributed by atoms with van der Waals surface area (Å²) in [4.78, 5) is 17.2. The van der Waals surface area contributed by atoms with Crippen LogP contribution in [0, 0.1) is 0 Å². The van der Waals surface area contributed by atoms with E-state index in [9.17, 15) is 13.2 Å². The van der Waals surface area contributed by atoms with Gasteiger partial charge in [0, 0.05) is 19.6 Å². The molecule has 0 radical (unpaired) electrons. The first-order valence-corrected chi connectivity index (χ1v) is 11.1. The Hall–Kier alpha value is -2.71. The van der Waals surface area contributed by atoms with Crippen molar-refractivity contribution in [1.82, 2.24) is 19.2 Å². The minimum Gasteiger partial charge on any atom is -0.350 e. The minimum absolute atomic E-state index is 0.131. The average molecular weight is 415 g/mol. The van der Waals surface area contributed by atoms with Crippen LogP contribution in [0.3, 0.4) is 0 Å². The largest absolute Gasteiger partial charge is 0.350 e. The van der Waals surface area contributed by atoms with Crippen molar-refractivity contribution in [3.8, 4) is 0 Å². The summed E-state index contributed by atoms with van der Waals surface area (Å²) in [6, 6.07) is 13.9. The van der Waals surface area contributed by atoms with Gasteiger partial charge >= 0.3 is 0 Å². The zero-order valence-electron chi connectivity index (χ0n) is 16.9. The van der Waals surface area contributed by atoms with Crippen LogP contribution in [0.2, 0.25) is 0 Å². The number of fused-ring (bicyclic) bond motifs is 1. The van der Waals surface area contributed by atoms with Crippen molar-refractivity contribution in [3.63, 3.8) is 0 Å². The lowest BCUT2D eigenvalue weighted by Crippen LogP contribution is -2.31. The number of carbonyl (C=O) groups excluding carboxylic acids is 1. The number of hydrogen-bond acceptors (Lipinski definition) is 4. The van der Waals surface area contributed by atoms with E-state index in [0.717, 1.165) is 16.6 Å². The number of aromatic nitrogens is 2. The molecule has 3 rings (SSSR count). The topological polar surface area (TPSA) is 84.3 Å². The number of imidazole rings is 1. The second-order valence-corrected chi connectivity index (χ2v) is 8.71. The van der Waals surface area contributed by atoms with Gasteiger partial charge in [-0.3, -0.25) is 4.79 Å². The van der Waals surface area contributed by atoms with Gasteiger partial charge in [-0.05, 0) is 36.8 Å². The smallest absolute Gasteiger partial charge is 0.243 e. The maximum atomic E-state index is 12.6. The molecule has 1 aromatic heterocycles. The molecule has 1 amide bonds. The first kappa shape index (κ1) is 21.0. The molecule has 154 valence electrons. The van der Waals surface area contributed by atoms with Crippen molar-refractivity contribution in [1.29, 1.82) is 0 Å². The van der Waals surface area contributed by atoms with Gasteiger partial charge in [-0.2, -0.15) is 4.31 Å². The normalized spacial score (nSPS) is 13.0. The van der Waals surface area contributed by atoms with Gasteiger partial charge in [0.05, 0.1) is 22.3 Å². The molecular weight excluding hydrogens is 388 g/mol. The van der Waals surface area contributed by atoms with E-state index in [2.05, 4.69) is 10.3 Å². The molecule has 1 heterocycles. The quantitative estimate of drug-likeness (QED) is 0.614. The summed E-state index contributed by atoms with van der Waals surface area (Å²) < 4.78 is 28.3. The van der Waals surface area contributed by atoms with Crippen LogP contribution in [0.25, 0.3) is 11.0 Å². The molecule has 0 fully saturated rings. The molecule has 0 aliphatic rings. The second kappa shape index (κ2) is 8.75. The summed E-state index contributed by atoms with van der Waals surface area (Å²) >= 11 is 0. The lowest BCUT2D eigenvalue weighted by molar-refractivity contribution is -0.123. The molecule has 0 saturated carbocycles. The van der Waals surface area contributed by atoms with Gasteiger partial charge in [0.1, 0.15) is 6.04 Å². The number of sulfonamides is 1. The average Bonchev–Trinajstić information content (AvgIpc) is 3.16. The zero-order valence-corrected chi connectivity index (χ0v) is 17.7. The van der Waals surface area contributed by atoms with E-state index >= 15 is 0 Å². The van der Waals surface area contributed by atoms with E-state index in [1.807, 2.05) is 49.6 Å². The number of rotatable bonds is 8. The molecule has 2 aromatic carbocycles. The Morgan fingerprint density at radius 2 is 1.76 bits per heavy atom. The fraction of sp³-hybridized carbons (Fsp3) is 0.333. The molecule has 7 nitrogen and oxygen atoms in total. The Labute approximate surface area is 171 Å². The highest BCUT2D eigenvalue weighted by atomic mass is 32.2. The lowest BCUT2D eigenvalue weighted by atomic mass is 10.2. The number of benzene rings is 2. The van der Waals surface area contributed by atoms with Crippen LogP contribution in [-0.2, 0) is 21.4 Å². The van der Waals surface area contributed by atoms with E-state index in [4.69, 9.17) is 0 Å². The van der Waals surface area contributed by atoms with Gasteiger partial charge in [0.2, 0.25) is 15.9 Å². The molecule has 0 saturated heterocycles. The maximum Gasteiger partial charge on any atom is 0.243 e. The summed E-state index contributed by atoms with van der Waals surface area (Å²) in [5.74, 6) is -0.131. The number of hydrogen-bond donors (Lipinski definition) is 1.